The molecule has 7 atom stereocenters. The molecule has 0 fully saturated rings. The minimum absolute atomic E-state index is 0.0435. The molecule has 0 aliphatic heterocycles. The number of nitrogens with one attached hydrogen (secondary N) is 6. The van der Waals surface area contributed by atoms with Gasteiger partial charge in [-0.1, -0.05) is 48.0 Å². The van der Waals surface area contributed by atoms with E-state index in [9.17, 15) is 38.7 Å². The van der Waals surface area contributed by atoms with Gasteiger partial charge in [-0.3, -0.25) is 43.5 Å². The van der Waals surface area contributed by atoms with Gasteiger partial charge in [0.25, 0.3) is 0 Å². The lowest BCUT2D eigenvalue weighted by Crippen LogP contribution is -2.60. The zero-order chi connectivity index (χ0) is 43.1. The van der Waals surface area contributed by atoms with Gasteiger partial charge in [-0.25, -0.2) is 0 Å². The summed E-state index contributed by atoms with van der Waals surface area (Å²) in [5.41, 5.74) is 27.1. The van der Waals surface area contributed by atoms with Gasteiger partial charge in [0, 0.05) is 20.0 Å². The number of primary amides is 1. The van der Waals surface area contributed by atoms with Gasteiger partial charge in [0.2, 0.25) is 41.4 Å². The molecule has 0 aliphatic carbocycles. The van der Waals surface area contributed by atoms with E-state index < -0.39 is 84.2 Å². The first-order chi connectivity index (χ1) is 26.1. The summed E-state index contributed by atoms with van der Waals surface area (Å²) in [6.07, 6.45) is 1.54. The molecule has 0 radical (unpaired) electrons. The number of hydrogen-bond donors (Lipinski definition) is 12. The van der Waals surface area contributed by atoms with Crippen molar-refractivity contribution < 1.29 is 38.7 Å². The molecule has 0 aromatic rings. The summed E-state index contributed by atoms with van der Waals surface area (Å²) >= 11 is 0. The summed E-state index contributed by atoms with van der Waals surface area (Å²) in [6, 6.07) is -7.14. The highest BCUT2D eigenvalue weighted by molar-refractivity contribution is 5.97. The van der Waals surface area contributed by atoms with Crippen LogP contribution in [-0.2, 0) is 33.6 Å². The molecular formula is C35H67N13O8. The van der Waals surface area contributed by atoms with E-state index in [1.165, 1.54) is 6.92 Å². The Morgan fingerprint density at radius 1 is 0.554 bits per heavy atom. The molecule has 21 heteroatoms. The van der Waals surface area contributed by atoms with Crippen molar-refractivity contribution in [3.05, 3.63) is 0 Å². The van der Waals surface area contributed by atoms with Gasteiger partial charge < -0.3 is 65.7 Å². The monoisotopic (exact) mass is 798 g/mol. The number of hydrogen-bond acceptors (Lipinski definition) is 10. The number of aliphatic hydroxyl groups is 1. The maximum atomic E-state index is 13.8. The van der Waals surface area contributed by atoms with E-state index in [0.717, 1.165) is 0 Å². The van der Waals surface area contributed by atoms with Crippen LogP contribution >= 0.6 is 0 Å². The van der Waals surface area contributed by atoms with Crippen molar-refractivity contribution in [2.45, 2.75) is 130 Å². The Bertz CT molecular complexity index is 1370. The highest BCUT2D eigenvalue weighted by Gasteiger charge is 2.34. The molecule has 56 heavy (non-hydrogen) atoms. The molecule has 17 N–H and O–H groups in total. The third-order valence-corrected chi connectivity index (χ3v) is 8.53. The van der Waals surface area contributed by atoms with E-state index in [-0.39, 0.29) is 74.9 Å². The van der Waals surface area contributed by atoms with Crippen molar-refractivity contribution in [1.29, 1.82) is 0 Å². The van der Waals surface area contributed by atoms with Crippen molar-refractivity contribution in [2.75, 3.05) is 19.7 Å². The van der Waals surface area contributed by atoms with E-state index in [1.54, 1.807) is 6.92 Å². The lowest BCUT2D eigenvalue weighted by molar-refractivity contribution is -0.136. The zero-order valence-corrected chi connectivity index (χ0v) is 33.9. The molecule has 0 saturated carbocycles. The van der Waals surface area contributed by atoms with Crippen molar-refractivity contribution in [3.63, 3.8) is 0 Å². The normalized spacial score (nSPS) is 14.8. The van der Waals surface area contributed by atoms with E-state index in [4.69, 9.17) is 28.7 Å². The lowest BCUT2D eigenvalue weighted by atomic mass is 9.98. The highest BCUT2D eigenvalue weighted by atomic mass is 16.3. The molecule has 0 aliphatic rings. The molecule has 0 bridgehead atoms. The summed E-state index contributed by atoms with van der Waals surface area (Å²) in [6.45, 7) is 11.5. The largest absolute Gasteiger partial charge is 0.394 e. The Kier molecular flexibility index (Phi) is 24.1. The predicted molar refractivity (Wildman–Crippen MR) is 212 cm³/mol. The van der Waals surface area contributed by atoms with E-state index in [0.29, 0.717) is 12.8 Å². The molecule has 0 rings (SSSR count). The van der Waals surface area contributed by atoms with Gasteiger partial charge in [-0.15, -0.1) is 0 Å². The van der Waals surface area contributed by atoms with Crippen LogP contribution in [0.4, 0.5) is 0 Å². The first-order valence-electron chi connectivity index (χ1n) is 18.9. The molecule has 320 valence electrons. The number of guanidine groups is 2. The van der Waals surface area contributed by atoms with Gasteiger partial charge in [0.15, 0.2) is 11.9 Å². The van der Waals surface area contributed by atoms with Crippen LogP contribution < -0.4 is 60.6 Å². The number of aliphatic hydroxyl groups excluding tert-OH is 1. The molecule has 0 unspecified atom stereocenters. The topological polar surface area (TPSA) is 367 Å². The maximum Gasteiger partial charge on any atom is 0.245 e. The summed E-state index contributed by atoms with van der Waals surface area (Å²) in [7, 11) is 0. The third-order valence-electron chi connectivity index (χ3n) is 8.53. The number of nitrogens with zero attached hydrogens (tertiary/aromatic N) is 2. The first-order valence-corrected chi connectivity index (χ1v) is 18.9. The summed E-state index contributed by atoms with van der Waals surface area (Å²) in [4.78, 5) is 99.4. The van der Waals surface area contributed by atoms with Gasteiger partial charge in [-0.2, -0.15) is 0 Å². The quantitative estimate of drug-likeness (QED) is 0.0220. The highest BCUT2D eigenvalue weighted by Crippen LogP contribution is 2.12. The van der Waals surface area contributed by atoms with Gasteiger partial charge in [0.05, 0.1) is 6.61 Å². The fourth-order valence-corrected chi connectivity index (χ4v) is 5.46. The second-order valence-electron chi connectivity index (χ2n) is 14.6. The summed E-state index contributed by atoms with van der Waals surface area (Å²) in [5, 5.41) is 25.5. The molecule has 21 nitrogen and oxygen atoms in total. The van der Waals surface area contributed by atoms with Crippen LogP contribution in [0.15, 0.2) is 9.98 Å². The van der Waals surface area contributed by atoms with Crippen LogP contribution in [0.2, 0.25) is 0 Å². The first kappa shape index (κ1) is 50.8. The molecular weight excluding hydrogens is 730 g/mol. The van der Waals surface area contributed by atoms with Crippen LogP contribution in [0.1, 0.15) is 93.4 Å². The summed E-state index contributed by atoms with van der Waals surface area (Å²) < 4.78 is 0. The molecule has 0 aromatic heterocycles. The van der Waals surface area contributed by atoms with Crippen LogP contribution in [0, 0.1) is 17.8 Å². The fourth-order valence-electron chi connectivity index (χ4n) is 5.46. The third kappa shape index (κ3) is 21.0. The molecule has 7 amide bonds. The molecule has 0 heterocycles. The van der Waals surface area contributed by atoms with Crippen molar-refractivity contribution in [3.8, 4) is 0 Å². The Morgan fingerprint density at radius 2 is 0.911 bits per heavy atom. The standard InChI is InChI=1S/C35H67N13O8/c1-8-20(6)27(28(36)51)48-33(56)26(17-49)47-32(55)25(16-19(4)5)46-31(54)24(15-18(2)3)45-30(53)23(12-10-14-42-35(39)40)44-29(52)22(43-21(7)50)11-9-13-41-34(37)38/h18-20,22-27,49H,8-17H2,1-7H3,(H2,36,51)(H,43,50)(H,44,52)(H,45,53)(H,46,54)(H,47,55)(H,48,56)(H4,37,38,41)(H4,39,40,42)/t20-,22-,23-,24-,25-,26-,27-/m0/s1. The van der Waals surface area contributed by atoms with E-state index >= 15 is 0 Å². The summed E-state index contributed by atoms with van der Waals surface area (Å²) in [5.74, 6) is -5.87. The number of rotatable bonds is 27. The van der Waals surface area contributed by atoms with E-state index in [1.807, 2.05) is 34.6 Å². The van der Waals surface area contributed by atoms with Gasteiger partial charge >= 0.3 is 0 Å². The maximum absolute atomic E-state index is 13.8. The number of nitrogens with two attached hydrogens (primary N) is 5. The average molecular weight is 798 g/mol. The van der Waals surface area contributed by atoms with Crippen molar-refractivity contribution in [2.24, 2.45) is 56.4 Å². The Hall–Kier alpha value is -5.21. The number of amides is 7. The second kappa shape index (κ2) is 26.6. The number of carbonyl (C=O) groups excluding carboxylic acids is 7. The Labute approximate surface area is 329 Å². The van der Waals surface area contributed by atoms with Crippen LogP contribution in [0.25, 0.3) is 0 Å². The SMILES string of the molecule is CC[C@H](C)[C@H](NC(=O)[C@H](CO)NC(=O)[C@H](CC(C)C)NC(=O)[C@H](CC(C)C)NC(=O)[C@H](CCCN=C(N)N)NC(=O)[C@H](CCCN=C(N)N)NC(C)=O)C(N)=O. The fraction of sp³-hybridized carbons (Fsp3) is 0.743. The second-order valence-corrected chi connectivity index (χ2v) is 14.6. The molecule has 0 aromatic carbocycles. The Balaban J connectivity index is 6.30. The Morgan fingerprint density at radius 3 is 1.25 bits per heavy atom. The zero-order valence-electron chi connectivity index (χ0n) is 33.9. The average Bonchev–Trinajstić information content (AvgIpc) is 3.09. The number of carbonyl (C=O) groups is 7. The minimum Gasteiger partial charge on any atom is -0.394 e. The van der Waals surface area contributed by atoms with Crippen LogP contribution in [0.5, 0.6) is 0 Å². The predicted octanol–water partition coefficient (Wildman–Crippen LogP) is -3.36. The lowest BCUT2D eigenvalue weighted by Gasteiger charge is -2.28. The molecule has 0 spiro atoms. The van der Waals surface area contributed by atoms with Crippen LogP contribution in [-0.4, -0.2) is 114 Å². The van der Waals surface area contributed by atoms with Crippen LogP contribution in [0.3, 0.4) is 0 Å². The molecule has 0 saturated heterocycles. The minimum atomic E-state index is -1.47. The van der Waals surface area contributed by atoms with E-state index in [2.05, 4.69) is 41.9 Å². The van der Waals surface area contributed by atoms with Gasteiger partial charge in [0.1, 0.15) is 36.3 Å². The van der Waals surface area contributed by atoms with Crippen molar-refractivity contribution >= 4 is 53.3 Å². The number of aliphatic imine (C=N–C) groups is 2. The van der Waals surface area contributed by atoms with Crippen molar-refractivity contribution in [1.82, 2.24) is 31.9 Å². The smallest absolute Gasteiger partial charge is 0.245 e. The van der Waals surface area contributed by atoms with Gasteiger partial charge in [-0.05, 0) is 56.3 Å².